The number of carbonyl (C=O) groups excluding carboxylic acids is 2. The van der Waals surface area contributed by atoms with Crippen LogP contribution in [0.2, 0.25) is 5.15 Å². The zero-order valence-corrected chi connectivity index (χ0v) is 29.8. The van der Waals surface area contributed by atoms with Gasteiger partial charge in [-0.05, 0) is 60.4 Å². The lowest BCUT2D eigenvalue weighted by Gasteiger charge is -2.09. The molecule has 1 fully saturated rings. The van der Waals surface area contributed by atoms with Gasteiger partial charge in [0.15, 0.2) is 11.3 Å². The van der Waals surface area contributed by atoms with Gasteiger partial charge >= 0.3 is 0 Å². The van der Waals surface area contributed by atoms with Gasteiger partial charge in [0, 0.05) is 60.0 Å². The lowest BCUT2D eigenvalue weighted by Crippen LogP contribution is -2.14. The highest BCUT2D eigenvalue weighted by molar-refractivity contribution is 9.10. The number of aryl methyl sites for hydroxylation is 2. The van der Waals surface area contributed by atoms with Crippen molar-refractivity contribution < 1.29 is 14.3 Å². The molecule has 9 rings (SSSR count). The fourth-order valence-electron chi connectivity index (χ4n) is 5.33. The van der Waals surface area contributed by atoms with Crippen LogP contribution in [0, 0.1) is 0 Å². The number of carbonyl (C=O) groups is 2. The van der Waals surface area contributed by atoms with Crippen molar-refractivity contribution in [2.24, 2.45) is 14.1 Å². The van der Waals surface area contributed by atoms with E-state index >= 15 is 0 Å². The number of benzene rings is 2. The quantitative estimate of drug-likeness (QED) is 0.192. The molecule has 0 saturated carbocycles. The lowest BCUT2D eigenvalue weighted by molar-refractivity contribution is -0.116. The Kier molecular flexibility index (Phi) is 10.4. The summed E-state index contributed by atoms with van der Waals surface area (Å²) in [5.41, 5.74) is 5.67. The average molecular weight is 797 g/mol. The molecule has 7 heterocycles. The number of halogens is 3. The molecule has 2 aromatic carbocycles. The van der Waals surface area contributed by atoms with Gasteiger partial charge in [-0.2, -0.15) is 10.2 Å². The first kappa shape index (κ1) is 33.6. The standard InChI is InChI=1S/C14H10BrN5O.C8H6BrNO.C6H5ClN4.C4H8O/c1-20-5-9-12(16-6-17-13(9)19-20)11-8-4-7(15)2-3-10(8)18-14(11)21;9-6-1-2-7-5(3-6)4-8(11)10-7;1-11-2-4-5(7)8-3-9-6(4)10-11;1-2-4-5-3-1/h2-6,11H,1H3,(H,18,21);1-3H,4H2,(H,10,11);2-3H,1H3;1-4H2. The number of aromatic nitrogens is 8. The molecule has 2 N–H and O–H groups in total. The SMILES string of the molecule is C1CCOC1.Cn1cc2c(C3C(=O)Nc4ccc(Br)cc43)ncnc2n1.Cn1cc2c(Cl)ncnc2n1.O=C1Cc2cc(Br)ccc2N1. The summed E-state index contributed by atoms with van der Waals surface area (Å²) in [6.45, 7) is 2.00. The summed E-state index contributed by atoms with van der Waals surface area (Å²) >= 11 is 12.6. The Morgan fingerprint density at radius 1 is 0.812 bits per heavy atom. The van der Waals surface area contributed by atoms with Crippen LogP contribution in [0.15, 0.2) is 70.4 Å². The summed E-state index contributed by atoms with van der Waals surface area (Å²) < 4.78 is 10.2. The van der Waals surface area contributed by atoms with Crippen molar-refractivity contribution in [2.45, 2.75) is 25.2 Å². The van der Waals surface area contributed by atoms with E-state index in [1.807, 2.05) is 56.7 Å². The van der Waals surface area contributed by atoms with Gasteiger partial charge in [-0.25, -0.2) is 19.9 Å². The molecule has 3 aliphatic heterocycles. The maximum atomic E-state index is 12.4. The summed E-state index contributed by atoms with van der Waals surface area (Å²) in [7, 11) is 3.64. The highest BCUT2D eigenvalue weighted by Gasteiger charge is 2.34. The molecule has 3 aliphatic rings. The van der Waals surface area contributed by atoms with E-state index in [-0.39, 0.29) is 11.8 Å². The first-order chi connectivity index (χ1) is 23.2. The molecule has 0 bridgehead atoms. The van der Waals surface area contributed by atoms with Crippen molar-refractivity contribution in [3.8, 4) is 0 Å². The number of nitrogens with one attached hydrogen (secondary N) is 2. The van der Waals surface area contributed by atoms with Gasteiger partial charge in [-0.1, -0.05) is 43.5 Å². The molecule has 2 amide bonds. The van der Waals surface area contributed by atoms with Crippen LogP contribution in [0.1, 0.15) is 35.6 Å². The van der Waals surface area contributed by atoms with Gasteiger partial charge in [0.05, 0.1) is 22.9 Å². The van der Waals surface area contributed by atoms with Crippen LogP contribution >= 0.6 is 43.5 Å². The van der Waals surface area contributed by atoms with Gasteiger partial charge in [-0.15, -0.1) is 0 Å². The Hall–Kier alpha value is -4.31. The predicted molar refractivity (Wildman–Crippen MR) is 189 cm³/mol. The third-order valence-electron chi connectivity index (χ3n) is 7.48. The van der Waals surface area contributed by atoms with Crippen molar-refractivity contribution >= 4 is 88.7 Å². The molecule has 6 aromatic rings. The Morgan fingerprint density at radius 2 is 1.44 bits per heavy atom. The van der Waals surface area contributed by atoms with E-state index in [1.54, 1.807) is 15.6 Å². The van der Waals surface area contributed by atoms with Gasteiger partial charge in [0.1, 0.15) is 23.7 Å². The van der Waals surface area contributed by atoms with Gasteiger partial charge in [-0.3, -0.25) is 19.0 Å². The number of hydrogen-bond acceptors (Lipinski definition) is 9. The topological polar surface area (TPSA) is 155 Å². The summed E-state index contributed by atoms with van der Waals surface area (Å²) in [6.07, 6.45) is 9.55. The average Bonchev–Trinajstić information content (AvgIpc) is 3.88. The third-order valence-corrected chi connectivity index (χ3v) is 8.77. The maximum Gasteiger partial charge on any atom is 0.238 e. The number of fused-ring (bicyclic) bond motifs is 4. The van der Waals surface area contributed by atoms with E-state index in [9.17, 15) is 9.59 Å². The number of ether oxygens (including phenoxy) is 1. The molecular weight excluding hydrogens is 768 g/mol. The maximum absolute atomic E-state index is 12.4. The summed E-state index contributed by atoms with van der Waals surface area (Å²) in [4.78, 5) is 39.5. The molecule has 16 heteroatoms. The fourth-order valence-corrected chi connectivity index (χ4v) is 6.30. The second-order valence-electron chi connectivity index (χ2n) is 11.0. The van der Waals surface area contributed by atoms with Crippen molar-refractivity contribution in [1.29, 1.82) is 0 Å². The highest BCUT2D eigenvalue weighted by Crippen LogP contribution is 2.39. The number of hydrogen-bond donors (Lipinski definition) is 2. The number of rotatable bonds is 1. The van der Waals surface area contributed by atoms with E-state index in [0.29, 0.717) is 28.6 Å². The minimum atomic E-state index is -0.438. The normalized spacial score (nSPS) is 15.7. The van der Waals surface area contributed by atoms with Crippen LogP contribution in [-0.4, -0.2) is 64.5 Å². The van der Waals surface area contributed by atoms with Crippen LogP contribution in [0.25, 0.3) is 22.1 Å². The highest BCUT2D eigenvalue weighted by atomic mass is 79.9. The molecule has 1 saturated heterocycles. The molecule has 13 nitrogen and oxygen atoms in total. The summed E-state index contributed by atoms with van der Waals surface area (Å²) in [5, 5.41) is 16.0. The Bertz CT molecular complexity index is 2130. The minimum absolute atomic E-state index is 0.0769. The second-order valence-corrected chi connectivity index (χ2v) is 13.2. The summed E-state index contributed by atoms with van der Waals surface area (Å²) in [6, 6.07) is 11.5. The molecule has 48 heavy (non-hydrogen) atoms. The summed E-state index contributed by atoms with van der Waals surface area (Å²) in [5.74, 6) is -0.433. The molecular formula is C32H29Br2ClN10O3. The van der Waals surface area contributed by atoms with E-state index in [2.05, 4.69) is 72.6 Å². The largest absolute Gasteiger partial charge is 0.381 e. The van der Waals surface area contributed by atoms with Crippen LogP contribution in [0.5, 0.6) is 0 Å². The molecule has 246 valence electrons. The van der Waals surface area contributed by atoms with Crippen LogP contribution in [0.3, 0.4) is 0 Å². The van der Waals surface area contributed by atoms with Crippen molar-refractivity contribution in [1.82, 2.24) is 39.5 Å². The first-order valence-corrected chi connectivity index (χ1v) is 16.8. The van der Waals surface area contributed by atoms with Crippen LogP contribution in [0.4, 0.5) is 11.4 Å². The monoisotopic (exact) mass is 794 g/mol. The van der Waals surface area contributed by atoms with Gasteiger partial charge in [0.2, 0.25) is 11.8 Å². The van der Waals surface area contributed by atoms with Crippen LogP contribution < -0.4 is 10.6 Å². The van der Waals surface area contributed by atoms with E-state index in [4.69, 9.17) is 16.3 Å². The molecule has 1 atom stereocenters. The van der Waals surface area contributed by atoms with E-state index in [0.717, 1.165) is 55.4 Å². The fraction of sp³-hybridized carbons (Fsp3) is 0.250. The van der Waals surface area contributed by atoms with Crippen LogP contribution in [-0.2, 0) is 34.8 Å². The van der Waals surface area contributed by atoms with Gasteiger partial charge in [0.25, 0.3) is 0 Å². The number of anilines is 2. The Morgan fingerprint density at radius 3 is 2.10 bits per heavy atom. The minimum Gasteiger partial charge on any atom is -0.381 e. The smallest absolute Gasteiger partial charge is 0.238 e. The van der Waals surface area contributed by atoms with Crippen molar-refractivity contribution in [2.75, 3.05) is 23.8 Å². The molecule has 0 aliphatic carbocycles. The number of amides is 2. The molecule has 0 radical (unpaired) electrons. The Balaban J connectivity index is 0.000000125. The zero-order valence-electron chi connectivity index (χ0n) is 25.8. The van der Waals surface area contributed by atoms with Crippen molar-refractivity contribution in [3.05, 3.63) is 92.4 Å². The molecule has 0 spiro atoms. The molecule has 1 unspecified atom stereocenters. The van der Waals surface area contributed by atoms with Crippen molar-refractivity contribution in [3.63, 3.8) is 0 Å². The Labute approximate surface area is 296 Å². The molecule has 4 aromatic heterocycles. The lowest BCUT2D eigenvalue weighted by atomic mass is 9.95. The van der Waals surface area contributed by atoms with E-state index < -0.39 is 5.92 Å². The second kappa shape index (κ2) is 14.8. The van der Waals surface area contributed by atoms with Gasteiger partial charge < -0.3 is 15.4 Å². The number of nitrogens with zero attached hydrogens (tertiary/aromatic N) is 8. The first-order valence-electron chi connectivity index (χ1n) is 14.9. The third kappa shape index (κ3) is 7.70. The predicted octanol–water partition coefficient (Wildman–Crippen LogP) is 5.97. The van der Waals surface area contributed by atoms with E-state index in [1.165, 1.54) is 25.5 Å². The zero-order chi connectivity index (χ0) is 33.8.